The van der Waals surface area contributed by atoms with Gasteiger partial charge in [0.25, 0.3) is 0 Å². The summed E-state index contributed by atoms with van der Waals surface area (Å²) in [4.78, 5) is 31.1. The van der Waals surface area contributed by atoms with Crippen LogP contribution < -0.4 is 10.2 Å². The van der Waals surface area contributed by atoms with Crippen molar-refractivity contribution >= 4 is 18.1 Å². The van der Waals surface area contributed by atoms with E-state index in [4.69, 9.17) is 4.74 Å². The Labute approximate surface area is 145 Å². The van der Waals surface area contributed by atoms with E-state index in [2.05, 4.69) is 9.97 Å². The van der Waals surface area contributed by atoms with Gasteiger partial charge in [-0.25, -0.2) is 4.79 Å². The minimum absolute atomic E-state index is 0.187. The first-order chi connectivity index (χ1) is 11.9. The summed E-state index contributed by atoms with van der Waals surface area (Å²) in [5.74, 6) is -1.02. The van der Waals surface area contributed by atoms with Gasteiger partial charge in [-0.2, -0.15) is 0 Å². The minimum atomic E-state index is -1.28. The predicted octanol–water partition coefficient (Wildman–Crippen LogP) is 3.16. The highest BCUT2D eigenvalue weighted by molar-refractivity contribution is 5.93. The Hall–Kier alpha value is -3.15. The number of pyridine rings is 2. The van der Waals surface area contributed by atoms with Crippen LogP contribution in [0.2, 0.25) is 0 Å². The Kier molecular flexibility index (Phi) is 5.89. The topological polar surface area (TPSA) is 92.3 Å². The Morgan fingerprint density at radius 2 is 1.96 bits per heavy atom. The lowest BCUT2D eigenvalue weighted by molar-refractivity contribution is 0.0694. The molecule has 2 aromatic heterocycles. The van der Waals surface area contributed by atoms with Crippen LogP contribution in [0.15, 0.2) is 41.0 Å². The van der Waals surface area contributed by atoms with Gasteiger partial charge in [-0.3, -0.25) is 9.78 Å². The van der Waals surface area contributed by atoms with Crippen molar-refractivity contribution in [2.45, 2.75) is 20.3 Å². The summed E-state index contributed by atoms with van der Waals surface area (Å²) in [6.45, 7) is 3.81. The standard InChI is InChI=1S/C19H20N2O4/c1-12(2)4-6-14-17(22)16(19(23)24)15(21-18(14)25-3)7-5-13-8-10-20-11-9-13/h4-5,7-11H,6H2,1-3H3,(H,21,22)(H,23,24)/b7-5-. The number of nitrogens with zero attached hydrogens (tertiary/aromatic N) is 1. The van der Waals surface area contributed by atoms with E-state index in [1.54, 1.807) is 36.7 Å². The fraction of sp³-hybridized carbons (Fsp3) is 0.211. The molecular formula is C19H20N2O4. The number of nitrogens with one attached hydrogen (secondary N) is 1. The van der Waals surface area contributed by atoms with Crippen molar-refractivity contribution in [1.82, 2.24) is 9.97 Å². The zero-order chi connectivity index (χ0) is 18.4. The van der Waals surface area contributed by atoms with Crippen LogP contribution >= 0.6 is 0 Å². The number of methoxy groups -OCH3 is 1. The molecule has 0 bridgehead atoms. The molecule has 2 heterocycles. The summed E-state index contributed by atoms with van der Waals surface area (Å²) in [6.07, 6.45) is 8.66. The molecule has 6 heteroatoms. The zero-order valence-electron chi connectivity index (χ0n) is 14.4. The van der Waals surface area contributed by atoms with Crippen LogP contribution in [0, 0.1) is 0 Å². The van der Waals surface area contributed by atoms with E-state index in [1.165, 1.54) is 7.11 Å². The average molecular weight is 340 g/mol. The summed E-state index contributed by atoms with van der Waals surface area (Å²) >= 11 is 0. The van der Waals surface area contributed by atoms with Crippen LogP contribution in [0.1, 0.15) is 41.0 Å². The smallest absolute Gasteiger partial charge is 0.341 e. The third-order valence-corrected chi connectivity index (χ3v) is 3.57. The first-order valence-electron chi connectivity index (χ1n) is 7.72. The Balaban J connectivity index is 2.58. The van der Waals surface area contributed by atoms with E-state index < -0.39 is 11.4 Å². The third kappa shape index (κ3) is 4.44. The number of allylic oxidation sites excluding steroid dienone is 2. The second-order valence-electron chi connectivity index (χ2n) is 5.66. The summed E-state index contributed by atoms with van der Waals surface area (Å²) in [5, 5.41) is 9.49. The number of carboxylic acid groups (broad SMARTS) is 1. The van der Waals surface area contributed by atoms with Crippen LogP contribution in [-0.4, -0.2) is 28.2 Å². The van der Waals surface area contributed by atoms with E-state index in [0.717, 1.165) is 11.1 Å². The monoisotopic (exact) mass is 340 g/mol. The van der Waals surface area contributed by atoms with Gasteiger partial charge >= 0.3 is 5.97 Å². The summed E-state index contributed by atoms with van der Waals surface area (Å²) in [7, 11) is 1.44. The van der Waals surface area contributed by atoms with Gasteiger partial charge in [0, 0.05) is 12.4 Å². The number of H-pyrrole nitrogens is 1. The van der Waals surface area contributed by atoms with Gasteiger partial charge in [-0.15, -0.1) is 0 Å². The molecule has 0 fully saturated rings. The maximum atomic E-state index is 12.7. The molecule has 0 radical (unpaired) electrons. The van der Waals surface area contributed by atoms with E-state index in [-0.39, 0.29) is 17.1 Å². The quantitative estimate of drug-likeness (QED) is 0.788. The van der Waals surface area contributed by atoms with Gasteiger partial charge in [0.2, 0.25) is 5.43 Å². The van der Waals surface area contributed by atoms with Gasteiger partial charge in [-0.1, -0.05) is 17.7 Å². The van der Waals surface area contributed by atoms with Gasteiger partial charge in [-0.05, 0) is 44.0 Å². The molecule has 130 valence electrons. The lowest BCUT2D eigenvalue weighted by Gasteiger charge is -2.11. The van der Waals surface area contributed by atoms with Gasteiger partial charge in [0.15, 0.2) is 5.88 Å². The van der Waals surface area contributed by atoms with Gasteiger partial charge in [0.05, 0.1) is 18.4 Å². The maximum absolute atomic E-state index is 12.7. The first-order valence-corrected chi connectivity index (χ1v) is 7.72. The van der Waals surface area contributed by atoms with Crippen molar-refractivity contribution in [3.05, 3.63) is 68.8 Å². The van der Waals surface area contributed by atoms with Crippen molar-refractivity contribution in [1.29, 1.82) is 0 Å². The summed E-state index contributed by atoms with van der Waals surface area (Å²) in [6, 6.07) is 3.55. The van der Waals surface area contributed by atoms with Crippen LogP contribution in [-0.2, 0) is 6.42 Å². The Morgan fingerprint density at radius 1 is 1.28 bits per heavy atom. The average Bonchev–Trinajstić information content (AvgIpc) is 2.58. The first kappa shape index (κ1) is 18.2. The number of ether oxygens (including phenoxy) is 1. The molecule has 0 saturated heterocycles. The molecule has 2 rings (SSSR count). The van der Waals surface area contributed by atoms with E-state index >= 15 is 0 Å². The third-order valence-electron chi connectivity index (χ3n) is 3.57. The number of aromatic carboxylic acids is 1. The number of aromatic nitrogens is 2. The van der Waals surface area contributed by atoms with Crippen molar-refractivity contribution < 1.29 is 14.6 Å². The molecule has 0 aromatic carbocycles. The van der Waals surface area contributed by atoms with E-state index in [1.807, 2.05) is 19.9 Å². The molecule has 0 aliphatic heterocycles. The number of rotatable bonds is 6. The Morgan fingerprint density at radius 3 is 2.52 bits per heavy atom. The molecule has 2 N–H and O–H groups in total. The van der Waals surface area contributed by atoms with Crippen molar-refractivity contribution in [2.75, 3.05) is 7.11 Å². The van der Waals surface area contributed by atoms with Crippen molar-refractivity contribution in [3.63, 3.8) is 0 Å². The van der Waals surface area contributed by atoms with Crippen LogP contribution in [0.4, 0.5) is 0 Å². The van der Waals surface area contributed by atoms with Gasteiger partial charge < -0.3 is 14.8 Å². The van der Waals surface area contributed by atoms with Crippen LogP contribution in [0.5, 0.6) is 5.88 Å². The summed E-state index contributed by atoms with van der Waals surface area (Å²) in [5.41, 5.74) is 1.49. The fourth-order valence-corrected chi connectivity index (χ4v) is 2.29. The molecule has 0 aliphatic carbocycles. The number of carboxylic acids is 1. The lowest BCUT2D eigenvalue weighted by atomic mass is 10.0. The molecule has 25 heavy (non-hydrogen) atoms. The highest BCUT2D eigenvalue weighted by Crippen LogP contribution is 2.18. The predicted molar refractivity (Wildman–Crippen MR) is 96.9 cm³/mol. The normalized spacial score (nSPS) is 10.7. The minimum Gasteiger partial charge on any atom is -0.482 e. The molecule has 2 aromatic rings. The highest BCUT2D eigenvalue weighted by Gasteiger charge is 2.20. The number of carbonyl (C=O) groups is 1. The molecule has 0 unspecified atom stereocenters. The largest absolute Gasteiger partial charge is 0.482 e. The zero-order valence-corrected chi connectivity index (χ0v) is 14.4. The maximum Gasteiger partial charge on any atom is 0.341 e. The highest BCUT2D eigenvalue weighted by atomic mass is 16.5. The molecule has 0 spiro atoms. The fourth-order valence-electron chi connectivity index (χ4n) is 2.29. The number of hydrogen-bond acceptors (Lipinski definition) is 4. The SMILES string of the molecule is COc1[nH]c(/C=C\c2ccncc2)c(C(=O)O)c(=O)c1CC=C(C)C. The Bertz CT molecular complexity index is 876. The number of hydrogen-bond donors (Lipinski definition) is 2. The second kappa shape index (κ2) is 8.10. The molecule has 0 amide bonds. The van der Waals surface area contributed by atoms with E-state index in [9.17, 15) is 14.7 Å². The molecule has 0 aliphatic rings. The van der Waals surface area contributed by atoms with Crippen molar-refractivity contribution in [3.8, 4) is 5.88 Å². The second-order valence-corrected chi connectivity index (χ2v) is 5.66. The van der Waals surface area contributed by atoms with Crippen LogP contribution in [0.3, 0.4) is 0 Å². The van der Waals surface area contributed by atoms with Crippen molar-refractivity contribution in [2.24, 2.45) is 0 Å². The molecular weight excluding hydrogens is 320 g/mol. The molecule has 0 atom stereocenters. The summed E-state index contributed by atoms with van der Waals surface area (Å²) < 4.78 is 5.26. The van der Waals surface area contributed by atoms with E-state index in [0.29, 0.717) is 12.0 Å². The molecule has 6 nitrogen and oxygen atoms in total. The van der Waals surface area contributed by atoms with Crippen LogP contribution in [0.25, 0.3) is 12.2 Å². The lowest BCUT2D eigenvalue weighted by Crippen LogP contribution is -2.22. The number of aromatic amines is 1. The molecule has 0 saturated carbocycles. The van der Waals surface area contributed by atoms with Gasteiger partial charge in [0.1, 0.15) is 5.56 Å².